The molecule has 1 N–H and O–H groups in total. The maximum Gasteiger partial charge on any atom is 0.315 e. The van der Waals surface area contributed by atoms with Gasteiger partial charge in [0.1, 0.15) is 0 Å². The van der Waals surface area contributed by atoms with E-state index in [4.69, 9.17) is 9.15 Å². The molecule has 96 valence electrons. The Morgan fingerprint density at radius 3 is 2.59 bits per heavy atom. The first-order chi connectivity index (χ1) is 8.09. The van der Waals surface area contributed by atoms with Crippen LogP contribution in [0.4, 0.5) is 6.01 Å². The van der Waals surface area contributed by atoms with Gasteiger partial charge in [0.05, 0.1) is 0 Å². The molecular weight excluding hydrogens is 218 g/mol. The second-order valence-corrected chi connectivity index (χ2v) is 5.38. The molecule has 0 radical (unpaired) electrons. The molecule has 0 unspecified atom stereocenters. The van der Waals surface area contributed by atoms with Gasteiger partial charge in [-0.2, -0.15) is 0 Å². The fourth-order valence-corrected chi connectivity index (χ4v) is 1.87. The van der Waals surface area contributed by atoms with Crippen molar-refractivity contribution in [2.75, 3.05) is 25.1 Å². The van der Waals surface area contributed by atoms with Crippen LogP contribution >= 0.6 is 0 Å². The van der Waals surface area contributed by atoms with Crippen molar-refractivity contribution in [3.05, 3.63) is 5.89 Å². The van der Waals surface area contributed by atoms with Crippen LogP contribution in [0.5, 0.6) is 0 Å². The summed E-state index contributed by atoms with van der Waals surface area (Å²) in [7, 11) is 0. The molecule has 5 nitrogen and oxygen atoms in total. The van der Waals surface area contributed by atoms with Gasteiger partial charge in [-0.15, -0.1) is 5.10 Å². The molecule has 0 spiro atoms. The molecule has 2 rings (SSSR count). The topological polar surface area (TPSA) is 60.2 Å². The number of hydrogen-bond donors (Lipinski definition) is 1. The number of nitrogens with zero attached hydrogens (tertiary/aromatic N) is 2. The first kappa shape index (κ1) is 12.4. The summed E-state index contributed by atoms with van der Waals surface area (Å²) in [6, 6.07) is 0.529. The number of rotatable bonds is 4. The number of aromatic nitrogens is 2. The van der Waals surface area contributed by atoms with Gasteiger partial charge in [0.2, 0.25) is 5.89 Å². The summed E-state index contributed by atoms with van der Waals surface area (Å²) in [5.41, 5.74) is 0.269. The third kappa shape index (κ3) is 3.19. The molecule has 5 heteroatoms. The van der Waals surface area contributed by atoms with Crippen LogP contribution in [0.15, 0.2) is 4.42 Å². The van der Waals surface area contributed by atoms with Crippen LogP contribution in [0, 0.1) is 5.41 Å². The van der Waals surface area contributed by atoms with Gasteiger partial charge in [-0.25, -0.2) is 0 Å². The lowest BCUT2D eigenvalue weighted by molar-refractivity contribution is 0.0298. The van der Waals surface area contributed by atoms with Crippen molar-refractivity contribution in [2.45, 2.75) is 39.5 Å². The molecule has 0 aliphatic carbocycles. The molecule has 0 bridgehead atoms. The number of hydrogen-bond acceptors (Lipinski definition) is 5. The third-order valence-corrected chi connectivity index (χ3v) is 3.30. The van der Waals surface area contributed by atoms with Crippen molar-refractivity contribution in [1.29, 1.82) is 0 Å². The Balaban J connectivity index is 1.88. The van der Waals surface area contributed by atoms with Crippen LogP contribution < -0.4 is 5.32 Å². The molecule has 0 aromatic carbocycles. The monoisotopic (exact) mass is 239 g/mol. The fourth-order valence-electron chi connectivity index (χ4n) is 1.87. The van der Waals surface area contributed by atoms with E-state index >= 15 is 0 Å². The van der Waals surface area contributed by atoms with Gasteiger partial charge in [-0.05, 0) is 18.3 Å². The van der Waals surface area contributed by atoms with Crippen LogP contribution in [0.25, 0.3) is 0 Å². The van der Waals surface area contributed by atoms with Gasteiger partial charge in [0.15, 0.2) is 0 Å². The van der Waals surface area contributed by atoms with Gasteiger partial charge in [-0.3, -0.25) is 0 Å². The van der Waals surface area contributed by atoms with Crippen molar-refractivity contribution in [2.24, 2.45) is 5.41 Å². The van der Waals surface area contributed by atoms with Gasteiger partial charge in [0, 0.05) is 25.7 Å². The Hall–Kier alpha value is -1.10. The average molecular weight is 239 g/mol. The van der Waals surface area contributed by atoms with Crippen LogP contribution in [0.2, 0.25) is 0 Å². The highest BCUT2D eigenvalue weighted by Gasteiger charge is 2.27. The Labute approximate surface area is 102 Å². The molecule has 0 saturated carbocycles. The summed E-state index contributed by atoms with van der Waals surface area (Å²) in [5, 5.41) is 11.2. The van der Waals surface area contributed by atoms with Crippen LogP contribution in [0.3, 0.4) is 0 Å². The Kier molecular flexibility index (Phi) is 3.66. The van der Waals surface area contributed by atoms with E-state index < -0.39 is 0 Å². The molecule has 1 aromatic rings. The SMILES string of the molecule is CC(C)c1nnc(NCC2(C)CCOCC2)o1. The Morgan fingerprint density at radius 2 is 2.00 bits per heavy atom. The standard InChI is InChI=1S/C12H21N3O2/c1-9(2)10-14-15-11(17-10)13-8-12(3)4-6-16-7-5-12/h9H,4-8H2,1-3H3,(H,13,15). The summed E-state index contributed by atoms with van der Waals surface area (Å²) < 4.78 is 10.9. The predicted molar refractivity (Wildman–Crippen MR) is 65.0 cm³/mol. The van der Waals surface area contributed by atoms with Crippen molar-refractivity contribution >= 4 is 6.01 Å². The van der Waals surface area contributed by atoms with E-state index in [2.05, 4.69) is 22.4 Å². The van der Waals surface area contributed by atoms with Crippen molar-refractivity contribution < 1.29 is 9.15 Å². The summed E-state index contributed by atoms with van der Waals surface area (Å²) in [4.78, 5) is 0. The maximum absolute atomic E-state index is 5.52. The first-order valence-corrected chi connectivity index (χ1v) is 6.24. The van der Waals surface area contributed by atoms with E-state index in [1.807, 2.05) is 13.8 Å². The molecule has 2 heterocycles. The summed E-state index contributed by atoms with van der Waals surface area (Å²) in [6.45, 7) is 8.89. The molecule has 17 heavy (non-hydrogen) atoms. The molecular formula is C12H21N3O2. The zero-order valence-corrected chi connectivity index (χ0v) is 10.8. The smallest absolute Gasteiger partial charge is 0.315 e. The lowest BCUT2D eigenvalue weighted by atomic mass is 9.82. The van der Waals surface area contributed by atoms with Crippen LogP contribution in [-0.2, 0) is 4.74 Å². The van der Waals surface area contributed by atoms with E-state index in [-0.39, 0.29) is 11.3 Å². The van der Waals surface area contributed by atoms with Crippen molar-refractivity contribution in [1.82, 2.24) is 10.2 Å². The zero-order valence-electron chi connectivity index (χ0n) is 10.8. The second-order valence-electron chi connectivity index (χ2n) is 5.38. The molecule has 1 aliphatic rings. The number of nitrogens with one attached hydrogen (secondary N) is 1. The quantitative estimate of drug-likeness (QED) is 0.874. The normalized spacial score (nSPS) is 19.5. The number of ether oxygens (including phenoxy) is 1. The maximum atomic E-state index is 5.52. The first-order valence-electron chi connectivity index (χ1n) is 6.24. The largest absolute Gasteiger partial charge is 0.408 e. The van der Waals surface area contributed by atoms with Crippen LogP contribution in [0.1, 0.15) is 45.4 Å². The third-order valence-electron chi connectivity index (χ3n) is 3.30. The van der Waals surface area contributed by atoms with E-state index in [0.29, 0.717) is 11.9 Å². The molecule has 0 amide bonds. The van der Waals surface area contributed by atoms with Gasteiger partial charge in [0.25, 0.3) is 0 Å². The molecule has 1 aliphatic heterocycles. The Bertz CT molecular complexity index is 356. The van der Waals surface area contributed by atoms with Crippen molar-refractivity contribution in [3.8, 4) is 0 Å². The highest BCUT2D eigenvalue weighted by atomic mass is 16.5. The van der Waals surface area contributed by atoms with Gasteiger partial charge >= 0.3 is 6.01 Å². The van der Waals surface area contributed by atoms with Gasteiger partial charge < -0.3 is 14.5 Å². The molecule has 0 atom stereocenters. The predicted octanol–water partition coefficient (Wildman–Crippen LogP) is 2.42. The molecule has 1 aromatic heterocycles. The zero-order chi connectivity index (χ0) is 12.3. The highest BCUT2D eigenvalue weighted by Crippen LogP contribution is 2.29. The summed E-state index contributed by atoms with van der Waals surface area (Å²) in [5.74, 6) is 0.960. The summed E-state index contributed by atoms with van der Waals surface area (Å²) >= 11 is 0. The van der Waals surface area contributed by atoms with E-state index in [1.165, 1.54) is 0 Å². The lowest BCUT2D eigenvalue weighted by Crippen LogP contribution is -2.33. The fraction of sp³-hybridized carbons (Fsp3) is 0.833. The van der Waals surface area contributed by atoms with Crippen LogP contribution in [-0.4, -0.2) is 30.0 Å². The van der Waals surface area contributed by atoms with E-state index in [0.717, 1.165) is 32.6 Å². The minimum atomic E-state index is 0.269. The van der Waals surface area contributed by atoms with Crippen molar-refractivity contribution in [3.63, 3.8) is 0 Å². The number of anilines is 1. The lowest BCUT2D eigenvalue weighted by Gasteiger charge is -2.33. The summed E-state index contributed by atoms with van der Waals surface area (Å²) in [6.07, 6.45) is 2.15. The average Bonchev–Trinajstić information content (AvgIpc) is 2.76. The van der Waals surface area contributed by atoms with Gasteiger partial charge in [-0.1, -0.05) is 25.9 Å². The Morgan fingerprint density at radius 1 is 1.29 bits per heavy atom. The molecule has 1 fully saturated rings. The minimum Gasteiger partial charge on any atom is -0.408 e. The second kappa shape index (κ2) is 5.04. The highest BCUT2D eigenvalue weighted by molar-refractivity contribution is 5.18. The van der Waals surface area contributed by atoms with E-state index in [1.54, 1.807) is 0 Å². The minimum absolute atomic E-state index is 0.269. The van der Waals surface area contributed by atoms with E-state index in [9.17, 15) is 0 Å². The molecule has 1 saturated heterocycles.